The van der Waals surface area contributed by atoms with Crippen LogP contribution in [0.5, 0.6) is 17.2 Å². The molecule has 2 amide bonds. The lowest BCUT2D eigenvalue weighted by Gasteiger charge is -2.21. The highest BCUT2D eigenvalue weighted by Gasteiger charge is 2.18. The second-order valence-electron chi connectivity index (χ2n) is 9.34. The van der Waals surface area contributed by atoms with E-state index >= 15 is 0 Å². The number of anilines is 2. The first-order chi connectivity index (χ1) is 16.4. The van der Waals surface area contributed by atoms with Crippen molar-refractivity contribution >= 4 is 39.1 Å². The number of amides is 2. The number of carbonyl (C=O) groups is 2. The fourth-order valence-corrected chi connectivity index (χ4v) is 3.71. The Labute approximate surface area is 216 Å². The predicted octanol–water partition coefficient (Wildman–Crippen LogP) is 5.36. The van der Waals surface area contributed by atoms with E-state index in [2.05, 4.69) is 31.9 Å². The largest absolute Gasteiger partial charge is 0.494 e. The van der Waals surface area contributed by atoms with Gasteiger partial charge in [-0.3, -0.25) is 9.59 Å². The second kappa shape index (κ2) is 12.7. The van der Waals surface area contributed by atoms with Crippen LogP contribution in [0.25, 0.3) is 0 Å². The number of nitrogens with one attached hydrogen (secondary N) is 3. The van der Waals surface area contributed by atoms with E-state index in [0.29, 0.717) is 40.6 Å². The van der Waals surface area contributed by atoms with Gasteiger partial charge in [0.15, 0.2) is 18.1 Å². The summed E-state index contributed by atoms with van der Waals surface area (Å²) in [6, 6.07) is 9.32. The number of ether oxygens (including phenoxy) is 3. The molecule has 0 fully saturated rings. The molecular weight excluding hydrogens is 514 g/mol. The van der Waals surface area contributed by atoms with Crippen molar-refractivity contribution < 1.29 is 23.8 Å². The monoisotopic (exact) mass is 549 g/mol. The van der Waals surface area contributed by atoms with Gasteiger partial charge in [0.2, 0.25) is 5.91 Å². The van der Waals surface area contributed by atoms with Crippen LogP contribution in [0.3, 0.4) is 0 Å². The average molecular weight is 550 g/mol. The first kappa shape index (κ1) is 28.3. The number of hydrogen-bond acceptors (Lipinski definition) is 6. The molecule has 2 aromatic carbocycles. The summed E-state index contributed by atoms with van der Waals surface area (Å²) in [7, 11) is 1.57. The van der Waals surface area contributed by atoms with E-state index in [4.69, 9.17) is 14.2 Å². The highest BCUT2D eigenvalue weighted by Crippen LogP contribution is 2.37. The summed E-state index contributed by atoms with van der Waals surface area (Å²) in [4.78, 5) is 24.2. The number of halogens is 1. The van der Waals surface area contributed by atoms with Gasteiger partial charge >= 0.3 is 0 Å². The Morgan fingerprint density at radius 1 is 1.06 bits per heavy atom. The highest BCUT2D eigenvalue weighted by molar-refractivity contribution is 9.10. The molecule has 0 saturated carbocycles. The van der Waals surface area contributed by atoms with Gasteiger partial charge in [-0.2, -0.15) is 0 Å². The quantitative estimate of drug-likeness (QED) is 0.349. The van der Waals surface area contributed by atoms with Gasteiger partial charge in [0, 0.05) is 29.8 Å². The molecule has 8 nitrogen and oxygen atoms in total. The summed E-state index contributed by atoms with van der Waals surface area (Å²) in [6.07, 6.45) is 0. The van der Waals surface area contributed by atoms with Crippen LogP contribution in [0.1, 0.15) is 47.1 Å². The molecule has 3 N–H and O–H groups in total. The van der Waals surface area contributed by atoms with Crippen molar-refractivity contribution in [1.29, 1.82) is 0 Å². The summed E-state index contributed by atoms with van der Waals surface area (Å²) >= 11 is 3.55. The van der Waals surface area contributed by atoms with E-state index < -0.39 is 0 Å². The van der Waals surface area contributed by atoms with Crippen molar-refractivity contribution in [3.8, 4) is 17.2 Å². The fourth-order valence-electron chi connectivity index (χ4n) is 3.10. The van der Waals surface area contributed by atoms with Crippen molar-refractivity contribution in [3.63, 3.8) is 0 Å². The zero-order chi connectivity index (χ0) is 26.2. The van der Waals surface area contributed by atoms with Gasteiger partial charge in [-0.1, -0.05) is 13.8 Å². The summed E-state index contributed by atoms with van der Waals surface area (Å²) in [6.45, 7) is 12.1. The zero-order valence-electron chi connectivity index (χ0n) is 21.5. The maximum atomic E-state index is 12.2. The first-order valence-electron chi connectivity index (χ1n) is 11.5. The molecule has 192 valence electrons. The molecule has 0 aliphatic heterocycles. The maximum absolute atomic E-state index is 12.2. The van der Waals surface area contributed by atoms with Crippen LogP contribution in [0.4, 0.5) is 11.4 Å². The molecule has 2 rings (SSSR count). The lowest BCUT2D eigenvalue weighted by atomic mass is 10.1. The van der Waals surface area contributed by atoms with E-state index in [9.17, 15) is 9.59 Å². The molecule has 9 heteroatoms. The van der Waals surface area contributed by atoms with Crippen molar-refractivity contribution in [1.82, 2.24) is 5.32 Å². The van der Waals surface area contributed by atoms with Gasteiger partial charge in [0.25, 0.3) is 5.91 Å². The molecule has 35 heavy (non-hydrogen) atoms. The Morgan fingerprint density at radius 3 is 2.37 bits per heavy atom. The SMILES string of the molecule is CCOc1cc(CNc2ccc(NC(=O)C(C)C)c(OC)c2)cc(Br)c1OCC(=O)NC(C)(C)C. The maximum Gasteiger partial charge on any atom is 0.258 e. The molecule has 0 radical (unpaired) electrons. The minimum Gasteiger partial charge on any atom is -0.494 e. The van der Waals surface area contributed by atoms with Crippen molar-refractivity contribution in [2.24, 2.45) is 5.92 Å². The summed E-state index contributed by atoms with van der Waals surface area (Å²) in [5, 5.41) is 9.11. The van der Waals surface area contributed by atoms with Gasteiger partial charge < -0.3 is 30.2 Å². The normalized spacial score (nSPS) is 11.1. The van der Waals surface area contributed by atoms with Crippen molar-refractivity contribution in [2.75, 3.05) is 31.0 Å². The smallest absolute Gasteiger partial charge is 0.258 e. The molecule has 0 heterocycles. The average Bonchev–Trinajstić information content (AvgIpc) is 2.76. The topological polar surface area (TPSA) is 97.9 Å². The summed E-state index contributed by atoms with van der Waals surface area (Å²) < 4.78 is 17.7. The fraction of sp³-hybridized carbons (Fsp3) is 0.462. The van der Waals surface area contributed by atoms with Crippen LogP contribution in [-0.4, -0.2) is 37.7 Å². The standard InChI is InChI=1S/C26H36BrN3O5/c1-8-34-22-12-17(11-19(27)24(22)35-15-23(31)30-26(4,5)6)14-28-18-9-10-20(21(13-18)33-7)29-25(32)16(2)3/h9-13,16,28H,8,14-15H2,1-7H3,(H,29,32)(H,30,31). The molecule has 0 aliphatic carbocycles. The number of hydrogen-bond donors (Lipinski definition) is 3. The van der Waals surface area contributed by atoms with Crippen LogP contribution in [0.15, 0.2) is 34.8 Å². The Hall–Kier alpha value is -2.94. The Kier molecular flexibility index (Phi) is 10.2. The molecule has 0 aliphatic rings. The summed E-state index contributed by atoms with van der Waals surface area (Å²) in [5.41, 5.74) is 2.06. The van der Waals surface area contributed by atoms with Crippen molar-refractivity contribution in [3.05, 3.63) is 40.4 Å². The van der Waals surface area contributed by atoms with Crippen LogP contribution in [-0.2, 0) is 16.1 Å². The molecule has 0 saturated heterocycles. The highest BCUT2D eigenvalue weighted by atomic mass is 79.9. The lowest BCUT2D eigenvalue weighted by molar-refractivity contribution is -0.124. The van der Waals surface area contributed by atoms with Crippen LogP contribution in [0.2, 0.25) is 0 Å². The van der Waals surface area contributed by atoms with Crippen LogP contribution in [0, 0.1) is 5.92 Å². The molecule has 0 unspecified atom stereocenters. The molecule has 2 aromatic rings. The number of rotatable bonds is 11. The number of methoxy groups -OCH3 is 1. The van der Waals surface area contributed by atoms with Crippen LogP contribution >= 0.6 is 15.9 Å². The number of carbonyl (C=O) groups excluding carboxylic acids is 2. The van der Waals surface area contributed by atoms with Crippen LogP contribution < -0.4 is 30.2 Å². The van der Waals surface area contributed by atoms with Gasteiger partial charge in [-0.15, -0.1) is 0 Å². The van der Waals surface area contributed by atoms with E-state index in [0.717, 1.165) is 11.3 Å². The third-order valence-corrected chi connectivity index (χ3v) is 5.30. The predicted molar refractivity (Wildman–Crippen MR) is 142 cm³/mol. The lowest BCUT2D eigenvalue weighted by Crippen LogP contribution is -2.43. The molecule has 0 spiro atoms. The minimum atomic E-state index is -0.336. The zero-order valence-corrected chi connectivity index (χ0v) is 23.1. The van der Waals surface area contributed by atoms with Gasteiger partial charge in [-0.25, -0.2) is 0 Å². The summed E-state index contributed by atoms with van der Waals surface area (Å²) in [5.74, 6) is 1.18. The third kappa shape index (κ3) is 8.98. The molecular formula is C26H36BrN3O5. The molecule has 0 aromatic heterocycles. The van der Waals surface area contributed by atoms with Crippen molar-refractivity contribution in [2.45, 2.75) is 53.6 Å². The third-order valence-electron chi connectivity index (χ3n) is 4.71. The second-order valence-corrected chi connectivity index (χ2v) is 10.2. The first-order valence-corrected chi connectivity index (χ1v) is 12.3. The van der Waals surface area contributed by atoms with E-state index in [1.165, 1.54) is 0 Å². The minimum absolute atomic E-state index is 0.0736. The Bertz CT molecular complexity index is 1030. The van der Waals surface area contributed by atoms with E-state index in [1.807, 2.05) is 71.9 Å². The molecule has 0 bridgehead atoms. The van der Waals surface area contributed by atoms with Gasteiger partial charge in [0.05, 0.1) is 23.9 Å². The molecule has 0 atom stereocenters. The Morgan fingerprint density at radius 2 is 1.77 bits per heavy atom. The van der Waals surface area contributed by atoms with E-state index in [-0.39, 0.29) is 29.9 Å². The van der Waals surface area contributed by atoms with E-state index in [1.54, 1.807) is 7.11 Å². The number of benzene rings is 2. The Balaban J connectivity index is 2.13. The van der Waals surface area contributed by atoms with Gasteiger partial charge in [-0.05, 0) is 73.5 Å². The van der Waals surface area contributed by atoms with Gasteiger partial charge in [0.1, 0.15) is 5.75 Å².